The molecule has 1 aromatic carbocycles. The van der Waals surface area contributed by atoms with Gasteiger partial charge in [0.25, 0.3) is 0 Å². The Balaban J connectivity index is 1.71. The molecule has 0 radical (unpaired) electrons. The Kier molecular flexibility index (Phi) is 5.77. The average molecular weight is 561 g/mol. The number of hydrogen-bond donors (Lipinski definition) is 1. The van der Waals surface area contributed by atoms with Crippen molar-refractivity contribution >= 4 is 17.6 Å². The normalized spacial score (nSPS) is 32.7. The Labute approximate surface area is 241 Å². The molecule has 6 aliphatic rings. The van der Waals surface area contributed by atoms with E-state index < -0.39 is 28.0 Å². The minimum Gasteiger partial charge on any atom is -0.506 e. The largest absolute Gasteiger partial charge is 0.506 e. The Bertz CT molecular complexity index is 1530. The van der Waals surface area contributed by atoms with E-state index in [2.05, 4.69) is 6.08 Å². The minimum absolute atomic E-state index is 0.0894. The quantitative estimate of drug-likeness (QED) is 0.428. The zero-order valence-corrected chi connectivity index (χ0v) is 25.5. The van der Waals surface area contributed by atoms with Crippen LogP contribution in [-0.2, 0) is 20.7 Å². The fourth-order valence-corrected chi connectivity index (χ4v) is 7.62. The molecular weight excluding hydrogens is 520 g/mol. The molecule has 3 aliphatic heterocycles. The lowest BCUT2D eigenvalue weighted by Crippen LogP contribution is -2.77. The molecule has 1 saturated carbocycles. The Morgan fingerprint density at radius 1 is 1.05 bits per heavy atom. The maximum atomic E-state index is 14.7. The molecule has 1 aromatic rings. The predicted octanol–water partition coefficient (Wildman–Crippen LogP) is 6.22. The molecule has 7 heteroatoms. The van der Waals surface area contributed by atoms with E-state index in [-0.39, 0.29) is 41.0 Å². The molecule has 2 fully saturated rings. The number of aromatic hydroxyl groups is 1. The van der Waals surface area contributed by atoms with Crippen LogP contribution in [0.4, 0.5) is 0 Å². The zero-order chi connectivity index (χ0) is 29.9. The van der Waals surface area contributed by atoms with Crippen molar-refractivity contribution in [3.63, 3.8) is 0 Å². The highest BCUT2D eigenvalue weighted by Crippen LogP contribution is 2.70. The van der Waals surface area contributed by atoms with E-state index in [9.17, 15) is 14.7 Å². The van der Waals surface area contributed by atoms with E-state index in [4.69, 9.17) is 18.9 Å². The van der Waals surface area contributed by atoms with Crippen LogP contribution < -0.4 is 9.47 Å². The molecule has 218 valence electrons. The van der Waals surface area contributed by atoms with E-state index in [0.29, 0.717) is 35.3 Å². The van der Waals surface area contributed by atoms with Gasteiger partial charge >= 0.3 is 0 Å². The van der Waals surface area contributed by atoms with Crippen molar-refractivity contribution in [2.45, 2.75) is 103 Å². The number of carbonyl (C=O) groups excluding carboxylic acids is 2. The van der Waals surface area contributed by atoms with Crippen molar-refractivity contribution in [2.75, 3.05) is 7.11 Å². The van der Waals surface area contributed by atoms with Gasteiger partial charge in [0.15, 0.2) is 17.0 Å². The number of Topliss-reactive ketones (excluding diaryl/α,β-unsaturated/α-hetero) is 2. The Hall–Kier alpha value is -3.16. The molecule has 4 bridgehead atoms. The van der Waals surface area contributed by atoms with Crippen molar-refractivity contribution in [1.29, 1.82) is 0 Å². The number of carbonyl (C=O) groups is 2. The fourth-order valence-electron chi connectivity index (χ4n) is 7.62. The second kappa shape index (κ2) is 8.45. The van der Waals surface area contributed by atoms with Crippen molar-refractivity contribution in [1.82, 2.24) is 0 Å². The number of methoxy groups -OCH3 is 1. The van der Waals surface area contributed by atoms with Crippen molar-refractivity contribution in [3.8, 4) is 17.2 Å². The summed E-state index contributed by atoms with van der Waals surface area (Å²) in [6, 6.07) is 0. The van der Waals surface area contributed by atoms with Crippen LogP contribution >= 0.6 is 0 Å². The molecule has 1 N–H and O–H groups in total. The van der Waals surface area contributed by atoms with Gasteiger partial charge in [-0.1, -0.05) is 23.3 Å². The topological polar surface area (TPSA) is 91.3 Å². The summed E-state index contributed by atoms with van der Waals surface area (Å²) in [5, 5.41) is 11.6. The molecule has 0 aromatic heterocycles. The maximum absolute atomic E-state index is 14.7. The van der Waals surface area contributed by atoms with Crippen LogP contribution in [0.2, 0.25) is 0 Å². The van der Waals surface area contributed by atoms with Gasteiger partial charge in [0.05, 0.1) is 11.2 Å². The SMILES string of the molecule is COC12C=C3C(=O)c4c(O)c5c(c(CC=C(C)C)c4OC34C(C1)C(C)(C)OC4(CC=C(C)C)C2=O)OC(C)(C)C=C5. The summed E-state index contributed by atoms with van der Waals surface area (Å²) in [5.41, 5.74) is -2.02. The third-order valence-electron chi connectivity index (χ3n) is 9.54. The number of rotatable bonds is 5. The lowest BCUT2D eigenvalue weighted by atomic mass is 9.49. The van der Waals surface area contributed by atoms with Gasteiger partial charge in [0, 0.05) is 30.6 Å². The number of phenolic OH excluding ortho intramolecular Hbond substituents is 1. The first kappa shape index (κ1) is 28.0. The molecule has 4 atom stereocenters. The van der Waals surface area contributed by atoms with Crippen molar-refractivity contribution in [3.05, 3.63) is 57.7 Å². The molecule has 7 nitrogen and oxygen atoms in total. The molecule has 1 spiro atoms. The summed E-state index contributed by atoms with van der Waals surface area (Å²) in [6.45, 7) is 15.7. The molecule has 7 rings (SSSR count). The Morgan fingerprint density at radius 3 is 2.37 bits per heavy atom. The first-order valence-corrected chi connectivity index (χ1v) is 14.4. The van der Waals surface area contributed by atoms with Crippen LogP contribution in [0.5, 0.6) is 17.2 Å². The number of ketones is 2. The highest BCUT2D eigenvalue weighted by atomic mass is 16.6. The molecule has 3 aliphatic carbocycles. The van der Waals surface area contributed by atoms with E-state index in [1.54, 1.807) is 6.08 Å². The Morgan fingerprint density at radius 2 is 1.73 bits per heavy atom. The summed E-state index contributed by atoms with van der Waals surface area (Å²) < 4.78 is 26.4. The zero-order valence-electron chi connectivity index (χ0n) is 25.5. The first-order valence-electron chi connectivity index (χ1n) is 14.4. The van der Waals surface area contributed by atoms with Gasteiger partial charge in [-0.3, -0.25) is 9.59 Å². The molecule has 41 heavy (non-hydrogen) atoms. The van der Waals surface area contributed by atoms with E-state index in [0.717, 1.165) is 11.1 Å². The second-order valence-electron chi connectivity index (χ2n) is 13.7. The number of benzene rings is 1. The third kappa shape index (κ3) is 3.45. The number of hydrogen-bond acceptors (Lipinski definition) is 7. The lowest BCUT2D eigenvalue weighted by Gasteiger charge is -2.59. The molecule has 1 saturated heterocycles. The van der Waals surface area contributed by atoms with Gasteiger partial charge in [-0.05, 0) is 86.5 Å². The number of phenols is 1. The monoisotopic (exact) mass is 560 g/mol. The second-order valence-corrected chi connectivity index (χ2v) is 13.7. The highest BCUT2D eigenvalue weighted by molar-refractivity contribution is 6.20. The van der Waals surface area contributed by atoms with Crippen LogP contribution in [0.25, 0.3) is 6.08 Å². The number of allylic oxidation sites excluding steroid dienone is 3. The lowest BCUT2D eigenvalue weighted by molar-refractivity contribution is -0.189. The van der Waals surface area contributed by atoms with Gasteiger partial charge in [0.1, 0.15) is 34.0 Å². The van der Waals surface area contributed by atoms with Crippen LogP contribution in [0, 0.1) is 5.92 Å². The standard InChI is InChI=1S/C34H40O7/c1-18(2)10-11-21-27-20(13-14-30(5,6)39-27)25(35)24-26(36)22-16-32(38-9)17-23-31(7,8)41-33(29(32)37,15-12-19(3)4)34(22,23)40-28(21)24/h10,12-14,16,23,35H,11,15,17H2,1-9H3. The smallest absolute Gasteiger partial charge is 0.205 e. The number of fused-ring (bicyclic) bond motifs is 2. The van der Waals surface area contributed by atoms with Crippen LogP contribution in [0.1, 0.15) is 89.7 Å². The summed E-state index contributed by atoms with van der Waals surface area (Å²) in [6.07, 6.45) is 10.3. The summed E-state index contributed by atoms with van der Waals surface area (Å²) in [4.78, 5) is 29.3. The van der Waals surface area contributed by atoms with E-state index >= 15 is 0 Å². The van der Waals surface area contributed by atoms with Crippen LogP contribution in [0.15, 0.2) is 41.0 Å². The molecule has 3 heterocycles. The molecule has 0 amide bonds. The summed E-state index contributed by atoms with van der Waals surface area (Å²) in [7, 11) is 1.51. The van der Waals surface area contributed by atoms with Crippen LogP contribution in [0.3, 0.4) is 0 Å². The van der Waals surface area contributed by atoms with Gasteiger partial charge in [-0.2, -0.15) is 0 Å². The number of ether oxygens (including phenoxy) is 4. The van der Waals surface area contributed by atoms with Gasteiger partial charge in [-0.15, -0.1) is 0 Å². The van der Waals surface area contributed by atoms with Crippen LogP contribution in [-0.4, -0.2) is 51.8 Å². The van der Waals surface area contributed by atoms with Crippen molar-refractivity contribution in [2.24, 2.45) is 5.92 Å². The first-order chi connectivity index (χ1) is 19.1. The fraction of sp³-hybridized carbons (Fsp3) is 0.529. The minimum atomic E-state index is -1.50. The summed E-state index contributed by atoms with van der Waals surface area (Å²) >= 11 is 0. The van der Waals surface area contributed by atoms with E-state index in [1.165, 1.54) is 7.11 Å². The third-order valence-corrected chi connectivity index (χ3v) is 9.54. The highest BCUT2D eigenvalue weighted by Gasteiger charge is 2.84. The van der Waals surface area contributed by atoms with E-state index in [1.807, 2.05) is 73.6 Å². The van der Waals surface area contributed by atoms with Gasteiger partial charge in [-0.25, -0.2) is 0 Å². The van der Waals surface area contributed by atoms with Crippen molar-refractivity contribution < 1.29 is 33.6 Å². The maximum Gasteiger partial charge on any atom is 0.205 e. The average Bonchev–Trinajstić information content (AvgIpc) is 3.04. The molecule has 4 unspecified atom stereocenters. The predicted molar refractivity (Wildman–Crippen MR) is 156 cm³/mol. The molecular formula is C34H40O7. The van der Waals surface area contributed by atoms with Gasteiger partial charge < -0.3 is 24.1 Å². The van der Waals surface area contributed by atoms with Gasteiger partial charge in [0.2, 0.25) is 5.78 Å². The summed E-state index contributed by atoms with van der Waals surface area (Å²) in [5.74, 6) is -0.419.